The molecule has 5 aromatic rings. The summed E-state index contributed by atoms with van der Waals surface area (Å²) in [6, 6.07) is 29.2. The van der Waals surface area contributed by atoms with Gasteiger partial charge in [0.25, 0.3) is 0 Å². The highest BCUT2D eigenvalue weighted by Gasteiger charge is 2.14. The van der Waals surface area contributed by atoms with Gasteiger partial charge in [-0.05, 0) is 41.1 Å². The van der Waals surface area contributed by atoms with E-state index in [0.717, 1.165) is 32.9 Å². The van der Waals surface area contributed by atoms with Gasteiger partial charge in [-0.15, -0.1) is 0 Å². The number of aromatic amines is 1. The zero-order chi connectivity index (χ0) is 24.2. The quantitative estimate of drug-likeness (QED) is 0.305. The van der Waals surface area contributed by atoms with Crippen LogP contribution in [0.25, 0.3) is 33.5 Å². The number of aromatic nitrogens is 2. The minimum absolute atomic E-state index is 0.231. The number of fused-ring (bicyclic) bond motifs is 2. The summed E-state index contributed by atoms with van der Waals surface area (Å²) in [5.74, 6) is 1.78. The second-order valence-corrected chi connectivity index (χ2v) is 7.89. The van der Waals surface area contributed by atoms with Crippen LogP contribution >= 0.6 is 0 Å². The van der Waals surface area contributed by atoms with Gasteiger partial charge in [-0.1, -0.05) is 48.5 Å². The SMILES string of the molecule is COc1ccc2nc(/C(C#N)=C\c3c(OCc4ccccc4C#N)ccc4ccccc34)[nH]c2c1. The minimum Gasteiger partial charge on any atom is -0.497 e. The molecule has 0 unspecified atom stereocenters. The van der Waals surface area contributed by atoms with E-state index in [1.807, 2.05) is 72.8 Å². The lowest BCUT2D eigenvalue weighted by Crippen LogP contribution is -2.00. The molecule has 0 atom stereocenters. The molecule has 1 aromatic heterocycles. The molecular formula is C29H20N4O2. The average Bonchev–Trinajstić information content (AvgIpc) is 3.34. The smallest absolute Gasteiger partial charge is 0.149 e. The number of imidazole rings is 1. The number of nitrogens with zero attached hydrogens (tertiary/aromatic N) is 3. The molecule has 0 radical (unpaired) electrons. The first-order valence-corrected chi connectivity index (χ1v) is 11.0. The Kier molecular flexibility index (Phi) is 5.86. The van der Waals surface area contributed by atoms with Crippen molar-refractivity contribution in [3.05, 3.63) is 101 Å². The summed E-state index contributed by atoms with van der Waals surface area (Å²) in [6.45, 7) is 0.231. The number of H-pyrrole nitrogens is 1. The molecule has 0 aliphatic carbocycles. The van der Waals surface area contributed by atoms with Gasteiger partial charge in [0.1, 0.15) is 30.0 Å². The lowest BCUT2D eigenvalue weighted by molar-refractivity contribution is 0.305. The normalized spacial score (nSPS) is 11.2. The third kappa shape index (κ3) is 4.29. The summed E-state index contributed by atoms with van der Waals surface area (Å²) in [5, 5.41) is 21.4. The van der Waals surface area contributed by atoms with Gasteiger partial charge in [-0.2, -0.15) is 10.5 Å². The van der Waals surface area contributed by atoms with Crippen LogP contribution in [0, 0.1) is 22.7 Å². The van der Waals surface area contributed by atoms with Crippen molar-refractivity contribution in [2.45, 2.75) is 6.61 Å². The summed E-state index contributed by atoms with van der Waals surface area (Å²) < 4.78 is 11.5. The largest absolute Gasteiger partial charge is 0.497 e. The molecule has 0 spiro atoms. The van der Waals surface area contributed by atoms with E-state index in [0.29, 0.717) is 28.5 Å². The third-order valence-corrected chi connectivity index (χ3v) is 5.80. The molecule has 0 saturated carbocycles. The topological polar surface area (TPSA) is 94.7 Å². The molecule has 0 bridgehead atoms. The molecule has 4 aromatic carbocycles. The highest BCUT2D eigenvalue weighted by molar-refractivity contribution is 6.00. The number of hydrogen-bond acceptors (Lipinski definition) is 5. The Hall–Kier alpha value is -5.07. The van der Waals surface area contributed by atoms with Crippen molar-refractivity contribution in [3.8, 4) is 23.6 Å². The van der Waals surface area contributed by atoms with E-state index in [1.165, 1.54) is 0 Å². The highest BCUT2D eigenvalue weighted by atomic mass is 16.5. The van der Waals surface area contributed by atoms with Crippen molar-refractivity contribution < 1.29 is 9.47 Å². The van der Waals surface area contributed by atoms with Crippen molar-refractivity contribution in [2.75, 3.05) is 7.11 Å². The molecule has 168 valence electrons. The van der Waals surface area contributed by atoms with Crippen molar-refractivity contribution in [2.24, 2.45) is 0 Å². The van der Waals surface area contributed by atoms with Crippen LogP contribution in [0.5, 0.6) is 11.5 Å². The fraction of sp³-hybridized carbons (Fsp3) is 0.0690. The summed E-state index contributed by atoms with van der Waals surface area (Å²) in [5.41, 5.74) is 4.03. The standard InChI is InChI=1S/C29H20N4O2/c1-34-23-11-12-26-27(15-23)33-29(32-26)22(17-31)14-25-24-9-5-4-6-19(24)10-13-28(25)35-18-21-8-3-2-7-20(21)16-30/h2-15H,18H2,1H3,(H,32,33)/b22-14-. The molecule has 0 saturated heterocycles. The van der Waals surface area contributed by atoms with Crippen LogP contribution in [0.15, 0.2) is 78.9 Å². The average molecular weight is 457 g/mol. The van der Waals surface area contributed by atoms with Crippen LogP contribution in [0.3, 0.4) is 0 Å². The Morgan fingerprint density at radius 3 is 2.66 bits per heavy atom. The zero-order valence-electron chi connectivity index (χ0n) is 18.9. The van der Waals surface area contributed by atoms with E-state index >= 15 is 0 Å². The predicted octanol–water partition coefficient (Wildman–Crippen LogP) is 6.24. The summed E-state index contributed by atoms with van der Waals surface area (Å²) in [4.78, 5) is 7.83. The minimum atomic E-state index is 0.231. The maximum atomic E-state index is 10.0. The number of benzene rings is 4. The van der Waals surface area contributed by atoms with Crippen molar-refractivity contribution in [3.63, 3.8) is 0 Å². The fourth-order valence-corrected chi connectivity index (χ4v) is 4.00. The number of hydrogen-bond donors (Lipinski definition) is 1. The van der Waals surface area contributed by atoms with Gasteiger partial charge in [0, 0.05) is 17.2 Å². The third-order valence-electron chi connectivity index (χ3n) is 5.80. The van der Waals surface area contributed by atoms with E-state index in [9.17, 15) is 10.5 Å². The number of allylic oxidation sites excluding steroid dienone is 1. The van der Waals surface area contributed by atoms with Crippen molar-refractivity contribution in [1.29, 1.82) is 10.5 Å². The molecule has 6 heteroatoms. The second kappa shape index (κ2) is 9.43. The molecule has 0 fully saturated rings. The lowest BCUT2D eigenvalue weighted by atomic mass is 10.0. The Morgan fingerprint density at radius 1 is 1.00 bits per heavy atom. The molecule has 6 nitrogen and oxygen atoms in total. The maximum absolute atomic E-state index is 10.0. The van der Waals surface area contributed by atoms with E-state index in [2.05, 4.69) is 22.1 Å². The van der Waals surface area contributed by atoms with Crippen LogP contribution < -0.4 is 9.47 Å². The first-order chi connectivity index (χ1) is 17.2. The summed E-state index contributed by atoms with van der Waals surface area (Å²) >= 11 is 0. The Bertz CT molecular complexity index is 1670. The Labute approximate surface area is 202 Å². The Morgan fingerprint density at radius 2 is 1.83 bits per heavy atom. The predicted molar refractivity (Wildman–Crippen MR) is 136 cm³/mol. The lowest BCUT2D eigenvalue weighted by Gasteiger charge is -2.13. The van der Waals surface area contributed by atoms with E-state index < -0.39 is 0 Å². The molecule has 0 aliphatic rings. The van der Waals surface area contributed by atoms with E-state index in [4.69, 9.17) is 9.47 Å². The molecule has 1 N–H and O–H groups in total. The monoisotopic (exact) mass is 456 g/mol. The molecule has 35 heavy (non-hydrogen) atoms. The number of methoxy groups -OCH3 is 1. The Balaban J connectivity index is 1.60. The van der Waals surface area contributed by atoms with Gasteiger partial charge in [-0.25, -0.2) is 4.98 Å². The van der Waals surface area contributed by atoms with Gasteiger partial charge in [-0.3, -0.25) is 0 Å². The van der Waals surface area contributed by atoms with Crippen LogP contribution in [-0.4, -0.2) is 17.1 Å². The zero-order valence-corrected chi connectivity index (χ0v) is 18.9. The second-order valence-electron chi connectivity index (χ2n) is 7.89. The van der Waals surface area contributed by atoms with Crippen LogP contribution in [0.2, 0.25) is 0 Å². The number of ether oxygens (including phenoxy) is 2. The number of nitrogens with one attached hydrogen (secondary N) is 1. The van der Waals surface area contributed by atoms with Gasteiger partial charge in [0.05, 0.1) is 35.3 Å². The molecule has 1 heterocycles. The molecule has 0 aliphatic heterocycles. The van der Waals surface area contributed by atoms with E-state index in [1.54, 1.807) is 19.3 Å². The molecular weight excluding hydrogens is 436 g/mol. The fourth-order valence-electron chi connectivity index (χ4n) is 4.00. The first-order valence-electron chi connectivity index (χ1n) is 11.0. The number of nitriles is 2. The first kappa shape index (κ1) is 21.8. The van der Waals surface area contributed by atoms with Crippen LogP contribution in [-0.2, 0) is 6.61 Å². The van der Waals surface area contributed by atoms with Gasteiger partial charge in [0.15, 0.2) is 0 Å². The van der Waals surface area contributed by atoms with Gasteiger partial charge in [0.2, 0.25) is 0 Å². The summed E-state index contributed by atoms with van der Waals surface area (Å²) in [7, 11) is 1.61. The number of rotatable bonds is 6. The molecule has 5 rings (SSSR count). The van der Waals surface area contributed by atoms with E-state index in [-0.39, 0.29) is 6.61 Å². The van der Waals surface area contributed by atoms with Crippen LogP contribution in [0.4, 0.5) is 0 Å². The highest BCUT2D eigenvalue weighted by Crippen LogP contribution is 2.33. The van der Waals surface area contributed by atoms with Crippen LogP contribution in [0.1, 0.15) is 22.5 Å². The van der Waals surface area contributed by atoms with Gasteiger partial charge >= 0.3 is 0 Å². The van der Waals surface area contributed by atoms with Crippen molar-refractivity contribution >= 4 is 33.5 Å². The molecule has 0 amide bonds. The summed E-state index contributed by atoms with van der Waals surface area (Å²) in [6.07, 6.45) is 1.79. The van der Waals surface area contributed by atoms with Gasteiger partial charge < -0.3 is 14.5 Å². The maximum Gasteiger partial charge on any atom is 0.149 e. The van der Waals surface area contributed by atoms with Crippen molar-refractivity contribution in [1.82, 2.24) is 9.97 Å².